The lowest BCUT2D eigenvalue weighted by atomic mass is 10.0. The quantitative estimate of drug-likeness (QED) is 0.0205. The van der Waals surface area contributed by atoms with E-state index >= 15 is 0 Å². The van der Waals surface area contributed by atoms with Gasteiger partial charge in [-0.25, -0.2) is 4.57 Å². The summed E-state index contributed by atoms with van der Waals surface area (Å²) in [5, 5.41) is 3.04. The maximum Gasteiger partial charge on any atom is 0.472 e. The van der Waals surface area contributed by atoms with Crippen LogP contribution in [0.5, 0.6) is 0 Å². The Morgan fingerprint density at radius 1 is 0.462 bits per heavy atom. The molecule has 0 spiro atoms. The van der Waals surface area contributed by atoms with Gasteiger partial charge in [-0.1, -0.05) is 240 Å². The zero-order valence-electron chi connectivity index (χ0n) is 51.1. The van der Waals surface area contributed by atoms with Crippen LogP contribution in [0.1, 0.15) is 258 Å². The molecule has 0 saturated carbocycles. The molecule has 3 unspecified atom stereocenters. The van der Waals surface area contributed by atoms with Gasteiger partial charge in [-0.15, -0.1) is 0 Å². The van der Waals surface area contributed by atoms with Gasteiger partial charge in [0.2, 0.25) is 5.91 Å². The van der Waals surface area contributed by atoms with E-state index in [0.717, 1.165) is 141 Å². The van der Waals surface area contributed by atoms with Crippen molar-refractivity contribution in [3.05, 3.63) is 109 Å². The average molecular weight is 1110 g/mol. The molecule has 0 radical (unpaired) electrons. The lowest BCUT2D eigenvalue weighted by Crippen LogP contribution is -2.47. The Morgan fingerprint density at radius 3 is 1.26 bits per heavy atom. The number of carbonyl (C=O) groups excluding carboxylic acids is 2. The third-order valence-corrected chi connectivity index (χ3v) is 14.4. The highest BCUT2D eigenvalue weighted by atomic mass is 31.2. The number of hydrogen-bond acceptors (Lipinski definition) is 6. The number of quaternary nitrogens is 1. The maximum absolute atomic E-state index is 13.6. The lowest BCUT2D eigenvalue weighted by molar-refractivity contribution is -0.870. The molecule has 0 aliphatic carbocycles. The maximum atomic E-state index is 13.6. The van der Waals surface area contributed by atoms with Crippen LogP contribution in [0, 0.1) is 0 Å². The van der Waals surface area contributed by atoms with Gasteiger partial charge in [0.05, 0.1) is 33.8 Å². The number of phosphoric ester groups is 1. The van der Waals surface area contributed by atoms with Gasteiger partial charge in [0.25, 0.3) is 0 Å². The van der Waals surface area contributed by atoms with Gasteiger partial charge in [-0.3, -0.25) is 18.6 Å². The van der Waals surface area contributed by atoms with E-state index < -0.39 is 20.0 Å². The Bertz CT molecular complexity index is 1700. The van der Waals surface area contributed by atoms with Gasteiger partial charge in [-0.05, 0) is 115 Å². The molecule has 10 heteroatoms. The van der Waals surface area contributed by atoms with E-state index in [9.17, 15) is 19.0 Å². The Balaban J connectivity index is 5.31. The van der Waals surface area contributed by atoms with Crippen molar-refractivity contribution < 1.29 is 37.3 Å². The number of rotatable bonds is 56. The standard InChI is InChI=1S/C68H119N2O7P/c1-7-10-13-16-19-22-25-28-30-32-34-35-37-39-41-43-46-49-52-55-58-61-68(72)77-66(59-56-53-50-47-44-27-24-21-18-15-12-9-3)65(64-76-78(73,74)75-63-62-70(4,5)6)69-67(71)60-57-54-51-48-45-42-40-38-36-33-31-29-26-23-20-17-14-11-8-2/h10,13,19-20,22-23,28-31,34-36,38-39,41,56,59,65-66H,7-9,11-12,14-18,21,24-27,32-33,37,40,42-55,57-58,60-64H2,1-6H3,(H-,69,71,73,74)/p+1/b13-10-,22-19-,23-20-,30-28-,31-29-,35-34-,38-36-,41-39-,59-56+. The van der Waals surface area contributed by atoms with E-state index in [1.807, 2.05) is 33.3 Å². The summed E-state index contributed by atoms with van der Waals surface area (Å²) in [5.74, 6) is -0.546. The second-order valence-electron chi connectivity index (χ2n) is 22.2. The summed E-state index contributed by atoms with van der Waals surface area (Å²) in [6, 6.07) is -0.871. The minimum atomic E-state index is -4.46. The highest BCUT2D eigenvalue weighted by Gasteiger charge is 2.30. The normalized spacial score (nSPS) is 14.4. The Kier molecular flexibility index (Phi) is 54.5. The molecule has 2 N–H and O–H groups in total. The molecular formula is C68H120N2O7P+. The van der Waals surface area contributed by atoms with Crippen molar-refractivity contribution in [2.24, 2.45) is 0 Å². The third kappa shape index (κ3) is 57.4. The fourth-order valence-electron chi connectivity index (χ4n) is 8.56. The number of amides is 1. The first-order valence-electron chi connectivity index (χ1n) is 31.7. The third-order valence-electron chi connectivity index (χ3n) is 13.4. The number of esters is 1. The first-order valence-corrected chi connectivity index (χ1v) is 33.2. The molecule has 0 rings (SSSR count). The van der Waals surface area contributed by atoms with E-state index in [1.54, 1.807) is 0 Å². The largest absolute Gasteiger partial charge is 0.472 e. The van der Waals surface area contributed by atoms with E-state index in [2.05, 4.69) is 123 Å². The molecule has 3 atom stereocenters. The highest BCUT2D eigenvalue weighted by molar-refractivity contribution is 7.47. The molecule has 78 heavy (non-hydrogen) atoms. The molecule has 0 aromatic heterocycles. The summed E-state index contributed by atoms with van der Waals surface area (Å²) in [7, 11) is 1.46. The number of phosphoric acid groups is 1. The molecule has 0 aliphatic heterocycles. The van der Waals surface area contributed by atoms with Gasteiger partial charge in [-0.2, -0.15) is 0 Å². The second kappa shape index (κ2) is 56.9. The Morgan fingerprint density at radius 2 is 0.821 bits per heavy atom. The molecule has 9 nitrogen and oxygen atoms in total. The van der Waals surface area contributed by atoms with E-state index in [0.29, 0.717) is 23.9 Å². The average Bonchev–Trinajstić information content (AvgIpc) is 3.40. The fourth-order valence-corrected chi connectivity index (χ4v) is 9.30. The molecule has 0 aromatic rings. The second-order valence-corrected chi connectivity index (χ2v) is 23.6. The molecule has 448 valence electrons. The lowest BCUT2D eigenvalue weighted by Gasteiger charge is -2.27. The number of nitrogens with zero attached hydrogens (tertiary/aromatic N) is 1. The van der Waals surface area contributed by atoms with Crippen LogP contribution in [0.25, 0.3) is 0 Å². The van der Waals surface area contributed by atoms with Crippen LogP contribution >= 0.6 is 7.82 Å². The molecule has 0 saturated heterocycles. The number of hydrogen-bond donors (Lipinski definition) is 2. The first kappa shape index (κ1) is 74.7. The van der Waals surface area contributed by atoms with Crippen molar-refractivity contribution >= 4 is 19.7 Å². The van der Waals surface area contributed by atoms with Crippen LogP contribution in [-0.4, -0.2) is 74.3 Å². The summed E-state index contributed by atoms with van der Waals surface area (Å²) in [5.41, 5.74) is 0. The molecule has 0 heterocycles. The Hall–Kier alpha value is -3.33. The smallest absolute Gasteiger partial charge is 0.456 e. The van der Waals surface area contributed by atoms with Crippen LogP contribution in [0.3, 0.4) is 0 Å². The first-order chi connectivity index (χ1) is 37.9. The SMILES string of the molecule is CC/C=C\C/C=C\C/C=C\C/C=C\C/C=C\CCCCCCCC(=O)OC(/C=C/CCCCCCCCCCCC)C(COP(=O)(O)OCC[N+](C)(C)C)NC(=O)CCCCCCCC/C=C\C/C=C\C/C=C\CCCCC. The van der Waals surface area contributed by atoms with Crippen molar-refractivity contribution in [2.75, 3.05) is 40.9 Å². The number of carbonyl (C=O) groups is 2. The molecular weight excluding hydrogens is 988 g/mol. The number of unbranched alkanes of at least 4 members (excludes halogenated alkanes) is 24. The van der Waals surface area contributed by atoms with Crippen LogP contribution in [0.2, 0.25) is 0 Å². The zero-order valence-corrected chi connectivity index (χ0v) is 52.0. The van der Waals surface area contributed by atoms with E-state index in [-0.39, 0.29) is 31.5 Å². The summed E-state index contributed by atoms with van der Waals surface area (Å²) in [6.07, 6.45) is 77.9. The van der Waals surface area contributed by atoms with Crippen molar-refractivity contribution in [3.63, 3.8) is 0 Å². The summed E-state index contributed by atoms with van der Waals surface area (Å²) < 4.78 is 30.7. The fraction of sp³-hybridized carbons (Fsp3) is 0.706. The summed E-state index contributed by atoms with van der Waals surface area (Å²) in [6.45, 7) is 6.84. The zero-order chi connectivity index (χ0) is 57.2. The van der Waals surface area contributed by atoms with Crippen molar-refractivity contribution in [2.45, 2.75) is 270 Å². The summed E-state index contributed by atoms with van der Waals surface area (Å²) in [4.78, 5) is 37.8. The van der Waals surface area contributed by atoms with Crippen molar-refractivity contribution in [3.8, 4) is 0 Å². The molecule has 0 fully saturated rings. The molecule has 0 bridgehead atoms. The van der Waals surface area contributed by atoms with Crippen LogP contribution < -0.4 is 5.32 Å². The Labute approximate surface area is 481 Å². The van der Waals surface area contributed by atoms with Crippen LogP contribution in [0.4, 0.5) is 0 Å². The molecule has 0 aliphatic rings. The topological polar surface area (TPSA) is 111 Å². The number of likely N-dealkylation sites (N-methyl/N-ethyl adjacent to an activating group) is 1. The minimum Gasteiger partial charge on any atom is -0.456 e. The van der Waals surface area contributed by atoms with Gasteiger partial charge in [0.1, 0.15) is 19.3 Å². The minimum absolute atomic E-state index is 0.0285. The van der Waals surface area contributed by atoms with Crippen molar-refractivity contribution in [1.29, 1.82) is 0 Å². The van der Waals surface area contributed by atoms with E-state index in [4.69, 9.17) is 13.8 Å². The predicted molar refractivity (Wildman–Crippen MR) is 337 cm³/mol. The van der Waals surface area contributed by atoms with Gasteiger partial charge >= 0.3 is 13.8 Å². The highest BCUT2D eigenvalue weighted by Crippen LogP contribution is 2.43. The van der Waals surface area contributed by atoms with E-state index in [1.165, 1.54) is 77.0 Å². The number of ether oxygens (including phenoxy) is 1. The van der Waals surface area contributed by atoms with Crippen LogP contribution in [0.15, 0.2) is 109 Å². The monoisotopic (exact) mass is 1110 g/mol. The summed E-state index contributed by atoms with van der Waals surface area (Å²) >= 11 is 0. The predicted octanol–water partition coefficient (Wildman–Crippen LogP) is 19.7. The number of allylic oxidation sites excluding steroid dienone is 17. The van der Waals surface area contributed by atoms with Crippen molar-refractivity contribution in [1.82, 2.24) is 5.32 Å². The molecule has 1 amide bonds. The number of nitrogens with one attached hydrogen (secondary N) is 1. The van der Waals surface area contributed by atoms with Gasteiger partial charge < -0.3 is 19.4 Å². The van der Waals surface area contributed by atoms with Crippen LogP contribution in [-0.2, 0) is 27.9 Å². The van der Waals surface area contributed by atoms with Gasteiger partial charge in [0.15, 0.2) is 0 Å². The van der Waals surface area contributed by atoms with Gasteiger partial charge in [0, 0.05) is 12.8 Å². The molecule has 0 aromatic carbocycles.